The Hall–Kier alpha value is -2.61. The quantitative estimate of drug-likeness (QED) is 0.750. The molecule has 2 fully saturated rings. The largest absolute Gasteiger partial charge is 0.339 e. The number of nitrogens with one attached hydrogen (secondary N) is 1. The molecular formula is C24H36N6O2. The van der Waals surface area contributed by atoms with E-state index in [0.29, 0.717) is 5.92 Å². The number of aryl methyl sites for hydroxylation is 1. The van der Waals surface area contributed by atoms with Crippen molar-refractivity contribution >= 4 is 23.0 Å². The first-order chi connectivity index (χ1) is 15.4. The van der Waals surface area contributed by atoms with Crippen LogP contribution in [0, 0.1) is 5.92 Å². The molecular weight excluding hydrogens is 404 g/mol. The Balaban J connectivity index is 1.35. The predicted molar refractivity (Wildman–Crippen MR) is 126 cm³/mol. The molecule has 8 nitrogen and oxygen atoms in total. The number of amides is 3. The van der Waals surface area contributed by atoms with Crippen LogP contribution in [0.5, 0.6) is 0 Å². The van der Waals surface area contributed by atoms with Gasteiger partial charge in [-0.15, -0.1) is 0 Å². The molecule has 32 heavy (non-hydrogen) atoms. The standard InChI is InChI=1S/C24H36N6O2/c1-18(2)8-9-25-24(32)30-14-12-28(13-15-30)17-22-26-20-16-19(6-7-21(20)27(22)3)23(31)29-10-4-5-11-29/h6-7,16,18H,4-5,8-15,17H2,1-3H3,(H,25,32). The number of carbonyl (C=O) groups excluding carboxylic acids is 2. The van der Waals surface area contributed by atoms with Gasteiger partial charge in [-0.25, -0.2) is 9.78 Å². The fraction of sp³-hybridized carbons (Fsp3) is 0.625. The molecule has 174 valence electrons. The highest BCUT2D eigenvalue weighted by Gasteiger charge is 2.23. The van der Waals surface area contributed by atoms with Crippen LogP contribution in [-0.2, 0) is 13.6 Å². The zero-order chi connectivity index (χ0) is 22.7. The van der Waals surface area contributed by atoms with Gasteiger partial charge in [0.2, 0.25) is 0 Å². The van der Waals surface area contributed by atoms with Gasteiger partial charge in [-0.3, -0.25) is 9.69 Å². The summed E-state index contributed by atoms with van der Waals surface area (Å²) in [4.78, 5) is 36.1. The average Bonchev–Trinajstić information content (AvgIpc) is 3.42. The molecule has 2 aromatic rings. The van der Waals surface area contributed by atoms with Crippen molar-refractivity contribution in [3.8, 4) is 0 Å². The van der Waals surface area contributed by atoms with E-state index in [9.17, 15) is 9.59 Å². The van der Waals surface area contributed by atoms with E-state index in [1.807, 2.05) is 35.0 Å². The Kier molecular flexibility index (Phi) is 6.98. The van der Waals surface area contributed by atoms with Crippen molar-refractivity contribution < 1.29 is 9.59 Å². The van der Waals surface area contributed by atoms with Crippen LogP contribution in [0.3, 0.4) is 0 Å². The molecule has 1 aromatic carbocycles. The fourth-order valence-corrected chi connectivity index (χ4v) is 4.52. The van der Waals surface area contributed by atoms with Gasteiger partial charge < -0.3 is 19.7 Å². The maximum absolute atomic E-state index is 12.7. The summed E-state index contributed by atoms with van der Waals surface area (Å²) in [6.45, 7) is 10.6. The predicted octanol–water partition coefficient (Wildman–Crippen LogP) is 2.68. The van der Waals surface area contributed by atoms with Crippen LogP contribution in [0.4, 0.5) is 4.79 Å². The van der Waals surface area contributed by atoms with E-state index in [0.717, 1.165) is 94.0 Å². The van der Waals surface area contributed by atoms with Gasteiger partial charge in [-0.05, 0) is 43.4 Å². The van der Waals surface area contributed by atoms with E-state index in [4.69, 9.17) is 4.98 Å². The molecule has 8 heteroatoms. The Morgan fingerprint density at radius 2 is 1.75 bits per heavy atom. The van der Waals surface area contributed by atoms with E-state index in [-0.39, 0.29) is 11.9 Å². The minimum Gasteiger partial charge on any atom is -0.339 e. The van der Waals surface area contributed by atoms with Crippen molar-refractivity contribution in [3.05, 3.63) is 29.6 Å². The first kappa shape index (κ1) is 22.6. The number of rotatable bonds is 6. The first-order valence-electron chi connectivity index (χ1n) is 11.9. The van der Waals surface area contributed by atoms with Gasteiger partial charge in [0.1, 0.15) is 5.82 Å². The number of piperazine rings is 1. The number of likely N-dealkylation sites (tertiary alicyclic amines) is 1. The van der Waals surface area contributed by atoms with Gasteiger partial charge in [0.05, 0.1) is 17.6 Å². The van der Waals surface area contributed by atoms with E-state index in [1.54, 1.807) is 0 Å². The van der Waals surface area contributed by atoms with Crippen LogP contribution in [-0.4, -0.2) is 82.0 Å². The van der Waals surface area contributed by atoms with Gasteiger partial charge >= 0.3 is 6.03 Å². The summed E-state index contributed by atoms with van der Waals surface area (Å²) in [5.41, 5.74) is 2.64. The number of aromatic nitrogens is 2. The third kappa shape index (κ3) is 5.06. The highest BCUT2D eigenvalue weighted by Crippen LogP contribution is 2.21. The fourth-order valence-electron chi connectivity index (χ4n) is 4.52. The van der Waals surface area contributed by atoms with E-state index < -0.39 is 0 Å². The number of benzene rings is 1. The number of carbonyl (C=O) groups is 2. The van der Waals surface area contributed by atoms with E-state index in [2.05, 4.69) is 28.6 Å². The molecule has 2 aliphatic rings. The molecule has 0 bridgehead atoms. The molecule has 0 spiro atoms. The molecule has 1 N–H and O–H groups in total. The van der Waals surface area contributed by atoms with E-state index in [1.165, 1.54) is 0 Å². The SMILES string of the molecule is CC(C)CCNC(=O)N1CCN(Cc2nc3cc(C(=O)N4CCCC4)ccc3n2C)CC1. The number of imidazole rings is 1. The molecule has 2 aliphatic heterocycles. The summed E-state index contributed by atoms with van der Waals surface area (Å²) < 4.78 is 2.12. The van der Waals surface area contributed by atoms with Crippen LogP contribution in [0.15, 0.2) is 18.2 Å². The molecule has 2 saturated heterocycles. The summed E-state index contributed by atoms with van der Waals surface area (Å²) in [7, 11) is 2.03. The lowest BCUT2D eigenvalue weighted by atomic mass is 10.1. The van der Waals surface area contributed by atoms with Crippen LogP contribution >= 0.6 is 0 Å². The first-order valence-corrected chi connectivity index (χ1v) is 11.9. The highest BCUT2D eigenvalue weighted by molar-refractivity contribution is 5.97. The lowest BCUT2D eigenvalue weighted by Crippen LogP contribution is -2.51. The second-order valence-electron chi connectivity index (χ2n) is 9.47. The summed E-state index contributed by atoms with van der Waals surface area (Å²) in [6, 6.07) is 5.90. The monoisotopic (exact) mass is 440 g/mol. The Morgan fingerprint density at radius 1 is 1.03 bits per heavy atom. The number of urea groups is 1. The van der Waals surface area contributed by atoms with Gasteiger partial charge in [0.25, 0.3) is 5.91 Å². The van der Waals surface area contributed by atoms with Crippen molar-refractivity contribution in [2.45, 2.75) is 39.7 Å². The number of nitrogens with zero attached hydrogens (tertiary/aromatic N) is 5. The molecule has 1 aromatic heterocycles. The molecule has 0 radical (unpaired) electrons. The molecule has 0 aliphatic carbocycles. The molecule has 0 atom stereocenters. The average molecular weight is 441 g/mol. The Labute approximate surface area is 190 Å². The molecule has 4 rings (SSSR count). The van der Waals surface area contributed by atoms with Gasteiger partial charge in [-0.2, -0.15) is 0 Å². The number of fused-ring (bicyclic) bond motifs is 1. The second kappa shape index (κ2) is 9.90. The van der Waals surface area contributed by atoms with Gasteiger partial charge in [0, 0.05) is 58.4 Å². The van der Waals surface area contributed by atoms with Crippen molar-refractivity contribution in [1.29, 1.82) is 0 Å². The molecule has 0 unspecified atom stereocenters. The van der Waals surface area contributed by atoms with E-state index >= 15 is 0 Å². The topological polar surface area (TPSA) is 73.7 Å². The number of hydrogen-bond acceptors (Lipinski definition) is 4. The maximum atomic E-state index is 12.7. The lowest BCUT2D eigenvalue weighted by Gasteiger charge is -2.34. The second-order valence-corrected chi connectivity index (χ2v) is 9.47. The number of hydrogen-bond donors (Lipinski definition) is 1. The summed E-state index contributed by atoms with van der Waals surface area (Å²) >= 11 is 0. The van der Waals surface area contributed by atoms with Crippen LogP contribution in [0.1, 0.15) is 49.3 Å². The van der Waals surface area contributed by atoms with Crippen LogP contribution in [0.25, 0.3) is 11.0 Å². The summed E-state index contributed by atoms with van der Waals surface area (Å²) in [5, 5.41) is 3.03. The minimum absolute atomic E-state index is 0.0447. The smallest absolute Gasteiger partial charge is 0.317 e. The summed E-state index contributed by atoms with van der Waals surface area (Å²) in [5.74, 6) is 1.69. The third-order valence-corrected chi connectivity index (χ3v) is 6.64. The third-order valence-electron chi connectivity index (χ3n) is 6.64. The zero-order valence-corrected chi connectivity index (χ0v) is 19.6. The normalized spacial score (nSPS) is 17.5. The summed E-state index contributed by atoms with van der Waals surface area (Å²) in [6.07, 6.45) is 3.19. The maximum Gasteiger partial charge on any atom is 0.317 e. The van der Waals surface area contributed by atoms with Crippen molar-refractivity contribution in [2.24, 2.45) is 13.0 Å². The highest BCUT2D eigenvalue weighted by atomic mass is 16.2. The van der Waals surface area contributed by atoms with Gasteiger partial charge in [-0.1, -0.05) is 13.8 Å². The van der Waals surface area contributed by atoms with Crippen molar-refractivity contribution in [2.75, 3.05) is 45.8 Å². The molecule has 0 saturated carbocycles. The Bertz CT molecular complexity index is 955. The van der Waals surface area contributed by atoms with Crippen molar-refractivity contribution in [1.82, 2.24) is 29.6 Å². The molecule has 3 heterocycles. The Morgan fingerprint density at radius 3 is 2.44 bits per heavy atom. The lowest BCUT2D eigenvalue weighted by molar-refractivity contribution is 0.0793. The zero-order valence-electron chi connectivity index (χ0n) is 19.6. The van der Waals surface area contributed by atoms with Crippen molar-refractivity contribution in [3.63, 3.8) is 0 Å². The van der Waals surface area contributed by atoms with Gasteiger partial charge in [0.15, 0.2) is 0 Å². The van der Waals surface area contributed by atoms with Crippen LogP contribution < -0.4 is 5.32 Å². The minimum atomic E-state index is 0.0447. The van der Waals surface area contributed by atoms with Crippen LogP contribution in [0.2, 0.25) is 0 Å². The molecule has 3 amide bonds.